The Morgan fingerprint density at radius 1 is 1.31 bits per heavy atom. The van der Waals surface area contributed by atoms with Crippen LogP contribution in [0.1, 0.15) is 25.0 Å². The molecule has 1 saturated carbocycles. The monoisotopic (exact) mass is 390 g/mol. The minimum Gasteiger partial charge on any atom is -0.481 e. The van der Waals surface area contributed by atoms with E-state index in [0.717, 1.165) is 35.5 Å². The molecule has 2 fully saturated rings. The van der Waals surface area contributed by atoms with Crippen molar-refractivity contribution in [1.82, 2.24) is 9.88 Å². The SMILES string of the molecule is O=C(O)C1CC12CCN(C(=O)Cc1csc(-c3ccccc3Cl)n1)CC2. The summed E-state index contributed by atoms with van der Waals surface area (Å²) in [6, 6.07) is 7.54. The molecular weight excluding hydrogens is 372 g/mol. The third kappa shape index (κ3) is 3.23. The molecule has 1 aliphatic heterocycles. The molecule has 5 nitrogen and oxygen atoms in total. The summed E-state index contributed by atoms with van der Waals surface area (Å²) in [5.41, 5.74) is 1.58. The first-order valence-electron chi connectivity index (χ1n) is 8.68. The first-order chi connectivity index (χ1) is 12.5. The second kappa shape index (κ2) is 6.67. The van der Waals surface area contributed by atoms with Gasteiger partial charge in [-0.25, -0.2) is 4.98 Å². The lowest BCUT2D eigenvalue weighted by molar-refractivity contribution is -0.139. The van der Waals surface area contributed by atoms with Crippen LogP contribution in [-0.2, 0) is 16.0 Å². The highest BCUT2D eigenvalue weighted by Gasteiger charge is 2.59. The Hall–Kier alpha value is -1.92. The highest BCUT2D eigenvalue weighted by Crippen LogP contribution is 2.59. The molecule has 1 unspecified atom stereocenters. The van der Waals surface area contributed by atoms with Crippen LogP contribution in [0.4, 0.5) is 0 Å². The number of hydrogen-bond donors (Lipinski definition) is 1. The van der Waals surface area contributed by atoms with Gasteiger partial charge >= 0.3 is 5.97 Å². The van der Waals surface area contributed by atoms with Gasteiger partial charge in [0.1, 0.15) is 5.01 Å². The Labute approximate surface area is 160 Å². The first-order valence-corrected chi connectivity index (χ1v) is 9.94. The zero-order chi connectivity index (χ0) is 18.3. The van der Waals surface area contributed by atoms with E-state index in [1.807, 2.05) is 34.5 Å². The third-order valence-electron chi connectivity index (χ3n) is 5.59. The number of carbonyl (C=O) groups excluding carboxylic acids is 1. The van der Waals surface area contributed by atoms with Crippen LogP contribution >= 0.6 is 22.9 Å². The van der Waals surface area contributed by atoms with Gasteiger partial charge in [-0.15, -0.1) is 11.3 Å². The summed E-state index contributed by atoms with van der Waals surface area (Å²) in [6.07, 6.45) is 2.61. The number of thiazole rings is 1. The molecule has 136 valence electrons. The molecule has 1 atom stereocenters. The number of carboxylic acid groups (broad SMARTS) is 1. The van der Waals surface area contributed by atoms with Gasteiger partial charge in [-0.1, -0.05) is 29.8 Å². The molecular formula is C19H19ClN2O3S. The molecule has 7 heteroatoms. The second-order valence-corrected chi connectivity index (χ2v) is 8.40. The minimum atomic E-state index is -0.695. The normalized spacial score (nSPS) is 21.0. The molecule has 2 aromatic rings. The van der Waals surface area contributed by atoms with Gasteiger partial charge in [-0.2, -0.15) is 0 Å². The number of halogens is 1. The second-order valence-electron chi connectivity index (χ2n) is 7.14. The van der Waals surface area contributed by atoms with Crippen molar-refractivity contribution in [1.29, 1.82) is 0 Å². The molecule has 1 amide bonds. The number of rotatable bonds is 4. The average molecular weight is 391 g/mol. The maximum absolute atomic E-state index is 12.6. The number of benzene rings is 1. The predicted octanol–water partition coefficient (Wildman–Crippen LogP) is 3.72. The van der Waals surface area contributed by atoms with E-state index in [0.29, 0.717) is 18.1 Å². The summed E-state index contributed by atoms with van der Waals surface area (Å²) in [6.45, 7) is 1.29. The number of piperidine rings is 1. The average Bonchev–Trinajstić information content (AvgIpc) is 3.13. The van der Waals surface area contributed by atoms with E-state index >= 15 is 0 Å². The first kappa shape index (κ1) is 17.5. The van der Waals surface area contributed by atoms with E-state index in [9.17, 15) is 9.59 Å². The Kier molecular flexibility index (Phi) is 4.49. The summed E-state index contributed by atoms with van der Waals surface area (Å²) in [5.74, 6) is -0.848. The Bertz CT molecular complexity index is 858. The number of amides is 1. The number of likely N-dealkylation sites (tertiary alicyclic amines) is 1. The zero-order valence-corrected chi connectivity index (χ0v) is 15.7. The van der Waals surface area contributed by atoms with Gasteiger partial charge in [0.2, 0.25) is 5.91 Å². The van der Waals surface area contributed by atoms with Crippen LogP contribution in [0.3, 0.4) is 0 Å². The number of carbonyl (C=O) groups is 2. The highest BCUT2D eigenvalue weighted by atomic mass is 35.5. The third-order valence-corrected chi connectivity index (χ3v) is 6.84. The van der Waals surface area contributed by atoms with E-state index in [-0.39, 0.29) is 23.7 Å². The zero-order valence-electron chi connectivity index (χ0n) is 14.2. The van der Waals surface area contributed by atoms with Crippen molar-refractivity contribution in [2.24, 2.45) is 11.3 Å². The van der Waals surface area contributed by atoms with Crippen LogP contribution in [0.5, 0.6) is 0 Å². The van der Waals surface area contributed by atoms with E-state index in [1.165, 1.54) is 11.3 Å². The van der Waals surface area contributed by atoms with Crippen molar-refractivity contribution in [3.8, 4) is 10.6 Å². The van der Waals surface area contributed by atoms with E-state index < -0.39 is 5.97 Å². The quantitative estimate of drug-likeness (QED) is 0.863. The van der Waals surface area contributed by atoms with Crippen molar-refractivity contribution in [3.63, 3.8) is 0 Å². The van der Waals surface area contributed by atoms with Gasteiger partial charge in [-0.05, 0) is 30.7 Å². The molecule has 26 heavy (non-hydrogen) atoms. The molecule has 0 radical (unpaired) electrons. The molecule has 2 heterocycles. The van der Waals surface area contributed by atoms with Crippen molar-refractivity contribution < 1.29 is 14.7 Å². The molecule has 1 aromatic heterocycles. The van der Waals surface area contributed by atoms with Crippen molar-refractivity contribution in [2.45, 2.75) is 25.7 Å². The topological polar surface area (TPSA) is 70.5 Å². The highest BCUT2D eigenvalue weighted by molar-refractivity contribution is 7.13. The summed E-state index contributed by atoms with van der Waals surface area (Å²) >= 11 is 7.70. The standard InChI is InChI=1S/C19H19ClN2O3S/c20-15-4-2-1-3-13(15)17-21-12(11-26-17)9-16(23)22-7-5-19(6-8-22)10-14(19)18(24)25/h1-4,11,14H,5-10H2,(H,24,25). The summed E-state index contributed by atoms with van der Waals surface area (Å²) in [5, 5.41) is 12.5. The smallest absolute Gasteiger partial charge is 0.307 e. The fourth-order valence-corrected chi connectivity index (χ4v) is 5.00. The van der Waals surface area contributed by atoms with Gasteiger partial charge in [0.15, 0.2) is 0 Å². The predicted molar refractivity (Wildman–Crippen MR) is 100 cm³/mol. The molecule has 1 aliphatic carbocycles. The van der Waals surface area contributed by atoms with E-state index in [2.05, 4.69) is 4.98 Å². The molecule has 1 N–H and O–H groups in total. The maximum Gasteiger partial charge on any atom is 0.307 e. The van der Waals surface area contributed by atoms with Crippen LogP contribution in [0.2, 0.25) is 5.02 Å². The molecule has 2 aliphatic rings. The Morgan fingerprint density at radius 2 is 2.04 bits per heavy atom. The van der Waals surface area contributed by atoms with Crippen LogP contribution in [-0.4, -0.2) is 40.0 Å². The van der Waals surface area contributed by atoms with Crippen molar-refractivity contribution in [3.05, 3.63) is 40.4 Å². The molecule has 4 rings (SSSR count). The van der Waals surface area contributed by atoms with E-state index in [4.69, 9.17) is 16.7 Å². The Balaban J connectivity index is 1.36. The summed E-state index contributed by atoms with van der Waals surface area (Å²) in [4.78, 5) is 30.1. The van der Waals surface area contributed by atoms with Gasteiger partial charge in [0, 0.05) is 24.0 Å². The van der Waals surface area contributed by atoms with Gasteiger partial charge in [0.05, 0.1) is 23.1 Å². The number of carboxylic acids is 1. The summed E-state index contributed by atoms with van der Waals surface area (Å²) < 4.78 is 0. The lowest BCUT2D eigenvalue weighted by Gasteiger charge is -2.32. The van der Waals surface area contributed by atoms with Crippen LogP contribution < -0.4 is 0 Å². The lowest BCUT2D eigenvalue weighted by atomic mass is 9.90. The maximum atomic E-state index is 12.6. The van der Waals surface area contributed by atoms with Crippen molar-refractivity contribution >= 4 is 34.8 Å². The van der Waals surface area contributed by atoms with Gasteiger partial charge in [0.25, 0.3) is 0 Å². The largest absolute Gasteiger partial charge is 0.481 e. The minimum absolute atomic E-state index is 0.0551. The number of nitrogens with zero attached hydrogens (tertiary/aromatic N) is 2. The molecule has 1 saturated heterocycles. The summed E-state index contributed by atoms with van der Waals surface area (Å²) in [7, 11) is 0. The molecule has 1 aromatic carbocycles. The van der Waals surface area contributed by atoms with Crippen LogP contribution in [0, 0.1) is 11.3 Å². The lowest BCUT2D eigenvalue weighted by Crippen LogP contribution is -2.40. The molecule has 1 spiro atoms. The van der Waals surface area contributed by atoms with E-state index in [1.54, 1.807) is 0 Å². The number of hydrogen-bond acceptors (Lipinski definition) is 4. The van der Waals surface area contributed by atoms with Crippen LogP contribution in [0.25, 0.3) is 10.6 Å². The van der Waals surface area contributed by atoms with Crippen molar-refractivity contribution in [2.75, 3.05) is 13.1 Å². The van der Waals surface area contributed by atoms with Gasteiger partial charge in [-0.3, -0.25) is 9.59 Å². The number of aliphatic carboxylic acids is 1. The van der Waals surface area contributed by atoms with Crippen LogP contribution in [0.15, 0.2) is 29.6 Å². The molecule has 0 bridgehead atoms. The van der Waals surface area contributed by atoms with Gasteiger partial charge < -0.3 is 10.0 Å². The fraction of sp³-hybridized carbons (Fsp3) is 0.421. The fourth-order valence-electron chi connectivity index (χ4n) is 3.86. The Morgan fingerprint density at radius 3 is 2.69 bits per heavy atom. The number of aromatic nitrogens is 1.